The van der Waals surface area contributed by atoms with Crippen molar-refractivity contribution in [3.8, 4) is 0 Å². The highest BCUT2D eigenvalue weighted by Crippen LogP contribution is 2.35. The first-order valence-corrected chi connectivity index (χ1v) is 6.47. The van der Waals surface area contributed by atoms with E-state index in [1.807, 2.05) is 0 Å². The summed E-state index contributed by atoms with van der Waals surface area (Å²) >= 11 is 0. The van der Waals surface area contributed by atoms with Gasteiger partial charge in [-0.15, -0.1) is 0 Å². The number of hydrogen-bond acceptors (Lipinski definition) is 3. The third-order valence-corrected chi connectivity index (χ3v) is 3.32. The number of nitro benzene ring substituents is 1. The molecule has 1 N–H and O–H groups in total. The van der Waals surface area contributed by atoms with Crippen molar-refractivity contribution in [2.75, 3.05) is 11.9 Å². The number of anilines is 1. The molecule has 0 radical (unpaired) electrons. The van der Waals surface area contributed by atoms with Gasteiger partial charge in [0.2, 0.25) is 0 Å². The van der Waals surface area contributed by atoms with E-state index in [9.17, 15) is 23.3 Å². The number of alkyl halides is 3. The zero-order valence-electron chi connectivity index (χ0n) is 10.7. The highest BCUT2D eigenvalue weighted by atomic mass is 19.4. The number of hydrogen-bond donors (Lipinski definition) is 1. The molecule has 1 saturated carbocycles. The molecule has 0 bridgehead atoms. The third kappa shape index (κ3) is 3.85. The van der Waals surface area contributed by atoms with Gasteiger partial charge < -0.3 is 5.32 Å². The molecule has 0 saturated heterocycles. The lowest BCUT2D eigenvalue weighted by molar-refractivity contribution is -0.384. The highest BCUT2D eigenvalue weighted by molar-refractivity contribution is 5.62. The predicted molar refractivity (Wildman–Crippen MR) is 68.5 cm³/mol. The normalized spacial score (nSPS) is 15.2. The van der Waals surface area contributed by atoms with Crippen LogP contribution in [0.5, 0.6) is 0 Å². The molecule has 20 heavy (non-hydrogen) atoms. The highest BCUT2D eigenvalue weighted by Gasteiger charge is 2.33. The molecule has 110 valence electrons. The Labute approximate surface area is 114 Å². The van der Waals surface area contributed by atoms with Gasteiger partial charge in [-0.1, -0.05) is 12.8 Å². The Morgan fingerprint density at radius 2 is 2.05 bits per heavy atom. The van der Waals surface area contributed by atoms with Crippen LogP contribution in [0.3, 0.4) is 0 Å². The van der Waals surface area contributed by atoms with E-state index in [0.29, 0.717) is 12.6 Å². The largest absolute Gasteiger partial charge is 0.416 e. The lowest BCUT2D eigenvalue weighted by Gasteiger charge is -2.10. The van der Waals surface area contributed by atoms with Crippen molar-refractivity contribution in [3.63, 3.8) is 0 Å². The number of nitrogens with zero attached hydrogens (tertiary/aromatic N) is 1. The van der Waals surface area contributed by atoms with Crippen LogP contribution in [-0.2, 0) is 6.18 Å². The van der Waals surface area contributed by atoms with Crippen molar-refractivity contribution in [1.29, 1.82) is 0 Å². The van der Waals surface area contributed by atoms with Crippen LogP contribution in [0.4, 0.5) is 24.5 Å². The van der Waals surface area contributed by atoms with E-state index in [2.05, 4.69) is 5.32 Å². The van der Waals surface area contributed by atoms with E-state index in [4.69, 9.17) is 0 Å². The molecule has 0 heterocycles. The molecular weight excluding hydrogens is 273 g/mol. The minimum atomic E-state index is -4.57. The van der Waals surface area contributed by atoms with Crippen LogP contribution in [-0.4, -0.2) is 11.5 Å². The van der Waals surface area contributed by atoms with Crippen LogP contribution in [0.25, 0.3) is 0 Å². The number of nitro groups is 1. The molecule has 0 unspecified atom stereocenters. The molecule has 2 rings (SSSR count). The van der Waals surface area contributed by atoms with Crippen molar-refractivity contribution < 1.29 is 18.1 Å². The van der Waals surface area contributed by atoms with E-state index < -0.39 is 22.4 Å². The van der Waals surface area contributed by atoms with Gasteiger partial charge in [0.25, 0.3) is 5.69 Å². The smallest absolute Gasteiger partial charge is 0.379 e. The molecule has 0 aliphatic heterocycles. The maximum absolute atomic E-state index is 12.5. The van der Waals surface area contributed by atoms with Gasteiger partial charge in [-0.05, 0) is 30.9 Å². The summed E-state index contributed by atoms with van der Waals surface area (Å²) in [5, 5.41) is 13.7. The fourth-order valence-electron chi connectivity index (χ4n) is 2.03. The molecule has 7 heteroatoms. The van der Waals surface area contributed by atoms with E-state index in [0.717, 1.165) is 30.9 Å². The summed E-state index contributed by atoms with van der Waals surface area (Å²) in [5.41, 5.74) is -1.40. The van der Waals surface area contributed by atoms with E-state index >= 15 is 0 Å². The first-order chi connectivity index (χ1) is 9.38. The fraction of sp³-hybridized carbons (Fsp3) is 0.538. The van der Waals surface area contributed by atoms with E-state index in [1.165, 1.54) is 12.8 Å². The molecule has 0 atom stereocenters. The Bertz CT molecular complexity index is 499. The van der Waals surface area contributed by atoms with Gasteiger partial charge in [0, 0.05) is 12.6 Å². The van der Waals surface area contributed by atoms with Gasteiger partial charge in [0.1, 0.15) is 5.69 Å². The van der Waals surface area contributed by atoms with Gasteiger partial charge in [0.15, 0.2) is 0 Å². The Balaban J connectivity index is 2.04. The monoisotopic (exact) mass is 288 g/mol. The molecule has 1 aromatic rings. The summed E-state index contributed by atoms with van der Waals surface area (Å²) in [6.45, 7) is 0.530. The first-order valence-electron chi connectivity index (χ1n) is 6.47. The minimum absolute atomic E-state index is 0.138. The van der Waals surface area contributed by atoms with Crippen molar-refractivity contribution in [1.82, 2.24) is 0 Å². The van der Waals surface area contributed by atoms with Crippen LogP contribution in [0, 0.1) is 16.0 Å². The number of rotatable bonds is 6. The zero-order chi connectivity index (χ0) is 14.8. The van der Waals surface area contributed by atoms with Gasteiger partial charge in [-0.2, -0.15) is 13.2 Å². The first kappa shape index (κ1) is 14.6. The van der Waals surface area contributed by atoms with Crippen molar-refractivity contribution in [2.45, 2.75) is 31.9 Å². The molecular formula is C13H15F3N2O2. The molecule has 4 nitrogen and oxygen atoms in total. The topological polar surface area (TPSA) is 55.2 Å². The fourth-order valence-corrected chi connectivity index (χ4v) is 2.03. The Kier molecular flexibility index (Phi) is 4.15. The number of halogens is 3. The van der Waals surface area contributed by atoms with Crippen molar-refractivity contribution in [3.05, 3.63) is 33.9 Å². The molecule has 1 fully saturated rings. The van der Waals surface area contributed by atoms with Gasteiger partial charge in [-0.3, -0.25) is 10.1 Å². The second kappa shape index (κ2) is 5.68. The molecule has 1 aliphatic rings. The zero-order valence-corrected chi connectivity index (χ0v) is 10.7. The molecule has 1 aromatic carbocycles. The average molecular weight is 288 g/mol. The summed E-state index contributed by atoms with van der Waals surface area (Å²) in [6.07, 6.45) is -0.180. The molecule has 0 amide bonds. The summed E-state index contributed by atoms with van der Waals surface area (Å²) in [7, 11) is 0. The number of nitrogens with one attached hydrogen (secondary N) is 1. The quantitative estimate of drug-likeness (QED) is 0.484. The standard InChI is InChI=1S/C13H15F3N2O2/c14-13(15,16)10-5-6-11(12(8-10)18(19)20)17-7-1-2-9-3-4-9/h5-6,8-9,17H,1-4,7H2. The number of benzene rings is 1. The van der Waals surface area contributed by atoms with E-state index in [-0.39, 0.29) is 5.69 Å². The third-order valence-electron chi connectivity index (χ3n) is 3.32. The summed E-state index contributed by atoms with van der Waals surface area (Å²) < 4.78 is 37.6. The van der Waals surface area contributed by atoms with Crippen LogP contribution in [0.2, 0.25) is 0 Å². The summed E-state index contributed by atoms with van der Waals surface area (Å²) in [6, 6.07) is 2.55. The second-order valence-corrected chi connectivity index (χ2v) is 5.00. The maximum atomic E-state index is 12.5. The van der Waals surface area contributed by atoms with Crippen LogP contribution in [0.15, 0.2) is 18.2 Å². The Morgan fingerprint density at radius 1 is 1.35 bits per heavy atom. The molecule has 0 spiro atoms. The van der Waals surface area contributed by atoms with Gasteiger partial charge >= 0.3 is 6.18 Å². The lowest BCUT2D eigenvalue weighted by Crippen LogP contribution is -2.08. The predicted octanol–water partition coefficient (Wildman–Crippen LogP) is 4.22. The Morgan fingerprint density at radius 3 is 2.60 bits per heavy atom. The summed E-state index contributed by atoms with van der Waals surface area (Å²) in [4.78, 5) is 10.1. The average Bonchev–Trinajstić information content (AvgIpc) is 3.17. The summed E-state index contributed by atoms with van der Waals surface area (Å²) in [5.74, 6) is 0.763. The van der Waals surface area contributed by atoms with Gasteiger partial charge in [0.05, 0.1) is 10.5 Å². The van der Waals surface area contributed by atoms with Crippen LogP contribution >= 0.6 is 0 Å². The SMILES string of the molecule is O=[N+]([O-])c1cc(C(F)(F)F)ccc1NCCCC1CC1. The Hall–Kier alpha value is -1.79. The van der Waals surface area contributed by atoms with Crippen LogP contribution < -0.4 is 5.32 Å². The van der Waals surface area contributed by atoms with Crippen molar-refractivity contribution >= 4 is 11.4 Å². The van der Waals surface area contributed by atoms with Crippen molar-refractivity contribution in [2.24, 2.45) is 5.92 Å². The minimum Gasteiger partial charge on any atom is -0.379 e. The molecule has 1 aliphatic carbocycles. The second-order valence-electron chi connectivity index (χ2n) is 5.00. The van der Waals surface area contributed by atoms with Crippen LogP contribution in [0.1, 0.15) is 31.2 Å². The van der Waals surface area contributed by atoms with Gasteiger partial charge in [-0.25, -0.2) is 0 Å². The lowest BCUT2D eigenvalue weighted by atomic mass is 10.1. The maximum Gasteiger partial charge on any atom is 0.416 e. The van der Waals surface area contributed by atoms with E-state index in [1.54, 1.807) is 0 Å². The molecule has 0 aromatic heterocycles.